The van der Waals surface area contributed by atoms with Crippen LogP contribution in [0.1, 0.15) is 42.6 Å². The molecule has 0 aliphatic heterocycles. The van der Waals surface area contributed by atoms with Gasteiger partial charge in [0.1, 0.15) is 0 Å². The second kappa shape index (κ2) is 9.05. The average Bonchev–Trinajstić information content (AvgIpc) is 2.72. The van der Waals surface area contributed by atoms with Crippen LogP contribution in [0.25, 0.3) is 0 Å². The zero-order chi connectivity index (χ0) is 20.9. The summed E-state index contributed by atoms with van der Waals surface area (Å²) >= 11 is 5.99. The summed E-state index contributed by atoms with van der Waals surface area (Å²) < 4.78 is 25.3. The lowest BCUT2D eigenvalue weighted by atomic mass is 9.84. The van der Waals surface area contributed by atoms with Crippen molar-refractivity contribution in [1.29, 1.82) is 0 Å². The number of nitrogens with one attached hydrogen (secondary N) is 1. The Morgan fingerprint density at radius 1 is 1.07 bits per heavy atom. The smallest absolute Gasteiger partial charge is 0.264 e. The molecule has 2 rings (SSSR count). The van der Waals surface area contributed by atoms with Crippen molar-refractivity contribution in [3.05, 3.63) is 64.7 Å². The number of rotatable bonds is 8. The van der Waals surface area contributed by atoms with Crippen molar-refractivity contribution < 1.29 is 18.0 Å². The summed E-state index contributed by atoms with van der Waals surface area (Å²) in [5, 5.41) is 3.74. The number of hydrogen-bond acceptors (Lipinski definition) is 4. The summed E-state index contributed by atoms with van der Waals surface area (Å²) in [6, 6.07) is 13.2. The first-order valence-electron chi connectivity index (χ1n) is 8.92. The van der Waals surface area contributed by atoms with E-state index in [0.29, 0.717) is 23.4 Å². The molecule has 1 amide bonds. The Bertz CT molecular complexity index is 908. The highest BCUT2D eigenvalue weighted by Crippen LogP contribution is 2.30. The third-order valence-electron chi connectivity index (χ3n) is 4.97. The van der Waals surface area contributed by atoms with E-state index in [4.69, 9.17) is 16.4 Å². The molecule has 0 fully saturated rings. The lowest BCUT2D eigenvalue weighted by molar-refractivity contribution is -0.0258. The molecule has 0 atom stereocenters. The number of benzene rings is 2. The van der Waals surface area contributed by atoms with Crippen LogP contribution >= 0.6 is 11.6 Å². The van der Waals surface area contributed by atoms with E-state index in [1.807, 2.05) is 26.0 Å². The van der Waals surface area contributed by atoms with Gasteiger partial charge in [-0.2, -0.15) is 0 Å². The van der Waals surface area contributed by atoms with E-state index in [-0.39, 0.29) is 10.8 Å². The van der Waals surface area contributed by atoms with E-state index < -0.39 is 15.6 Å². The van der Waals surface area contributed by atoms with E-state index >= 15 is 0 Å². The summed E-state index contributed by atoms with van der Waals surface area (Å²) in [5.41, 5.74) is 0.804. The molecule has 0 radical (unpaired) electrons. The molecule has 0 heterocycles. The van der Waals surface area contributed by atoms with Gasteiger partial charge in [-0.3, -0.25) is 9.63 Å². The zero-order valence-corrected chi connectivity index (χ0v) is 18.0. The summed E-state index contributed by atoms with van der Waals surface area (Å²) in [4.78, 5) is 17.6. The van der Waals surface area contributed by atoms with Crippen molar-refractivity contribution in [2.24, 2.45) is 0 Å². The molecule has 2 aromatic rings. The van der Waals surface area contributed by atoms with Gasteiger partial charge < -0.3 is 5.32 Å². The van der Waals surface area contributed by atoms with Crippen molar-refractivity contribution in [1.82, 2.24) is 9.79 Å². The number of amides is 1. The highest BCUT2D eigenvalue weighted by Gasteiger charge is 2.31. The molecule has 2 aromatic carbocycles. The molecule has 0 bridgehead atoms. The minimum Gasteiger partial charge on any atom is -0.343 e. The largest absolute Gasteiger partial charge is 0.343 e. The van der Waals surface area contributed by atoms with Crippen molar-refractivity contribution >= 4 is 27.5 Å². The third-order valence-corrected chi connectivity index (χ3v) is 6.91. The summed E-state index contributed by atoms with van der Waals surface area (Å²) in [6.45, 7) is 4.02. The zero-order valence-electron chi connectivity index (χ0n) is 16.4. The minimum atomic E-state index is -3.76. The number of sulfonamides is 1. The molecule has 152 valence electrons. The lowest BCUT2D eigenvalue weighted by Gasteiger charge is -2.33. The van der Waals surface area contributed by atoms with E-state index in [2.05, 4.69) is 5.32 Å². The Balaban J connectivity index is 2.28. The van der Waals surface area contributed by atoms with Gasteiger partial charge in [0.25, 0.3) is 15.9 Å². The van der Waals surface area contributed by atoms with Crippen LogP contribution in [-0.4, -0.2) is 33.0 Å². The number of nitrogens with zero attached hydrogens (tertiary/aromatic N) is 1. The normalized spacial score (nSPS) is 12.2. The van der Waals surface area contributed by atoms with Crippen LogP contribution in [0.3, 0.4) is 0 Å². The number of halogens is 1. The van der Waals surface area contributed by atoms with Crippen LogP contribution in [0.2, 0.25) is 5.02 Å². The molecular formula is C20H25ClN2O4S. The summed E-state index contributed by atoms with van der Waals surface area (Å²) in [6.07, 6.45) is 1.39. The molecule has 0 saturated carbocycles. The highest BCUT2D eigenvalue weighted by atomic mass is 35.5. The quantitative estimate of drug-likeness (QED) is 0.650. The van der Waals surface area contributed by atoms with E-state index in [1.165, 1.54) is 38.4 Å². The SMILES string of the molecule is CCC(CC)(NC(=O)c1ccc(S(=O)(=O)N(C)OC)cc1)c1ccc(Cl)cc1. The summed E-state index contributed by atoms with van der Waals surface area (Å²) in [5.74, 6) is -0.275. The molecule has 8 heteroatoms. The Labute approximate surface area is 171 Å². The average molecular weight is 425 g/mol. The fourth-order valence-corrected chi connectivity index (χ4v) is 4.09. The predicted molar refractivity (Wildman–Crippen MR) is 110 cm³/mol. The monoisotopic (exact) mass is 424 g/mol. The van der Waals surface area contributed by atoms with Gasteiger partial charge in [0.2, 0.25) is 0 Å². The van der Waals surface area contributed by atoms with E-state index in [1.54, 1.807) is 12.1 Å². The van der Waals surface area contributed by atoms with Crippen molar-refractivity contribution in [2.75, 3.05) is 14.2 Å². The van der Waals surface area contributed by atoms with Crippen LogP contribution in [0, 0.1) is 0 Å². The molecular weight excluding hydrogens is 400 g/mol. The van der Waals surface area contributed by atoms with Crippen molar-refractivity contribution in [3.8, 4) is 0 Å². The number of hydroxylamine groups is 1. The van der Waals surface area contributed by atoms with Crippen molar-refractivity contribution in [2.45, 2.75) is 37.1 Å². The first-order chi connectivity index (χ1) is 13.2. The number of hydrogen-bond donors (Lipinski definition) is 1. The molecule has 0 unspecified atom stereocenters. The van der Waals surface area contributed by atoms with Gasteiger partial charge in [-0.05, 0) is 54.8 Å². The topological polar surface area (TPSA) is 75.7 Å². The predicted octanol–water partition coefficient (Wildman–Crippen LogP) is 3.97. The molecule has 6 nitrogen and oxygen atoms in total. The molecule has 0 aliphatic rings. The van der Waals surface area contributed by atoms with E-state index in [0.717, 1.165) is 10.0 Å². The molecule has 0 spiro atoms. The molecule has 1 N–H and O–H groups in total. The maximum Gasteiger partial charge on any atom is 0.264 e. The Hall–Kier alpha value is -1.93. The fraction of sp³-hybridized carbons (Fsp3) is 0.350. The second-order valence-corrected chi connectivity index (χ2v) is 8.74. The standard InChI is InChI=1S/C20H25ClN2O4S/c1-5-20(6-2,16-9-11-17(21)12-10-16)22-19(24)15-7-13-18(14-8-15)28(25,26)23(3)27-4/h7-14H,5-6H2,1-4H3,(H,22,24). The maximum atomic E-state index is 12.8. The van der Waals surface area contributed by atoms with Gasteiger partial charge >= 0.3 is 0 Å². The van der Waals surface area contributed by atoms with Gasteiger partial charge in [-0.1, -0.05) is 42.0 Å². The molecule has 0 saturated heterocycles. The molecule has 0 aliphatic carbocycles. The molecule has 0 aromatic heterocycles. The van der Waals surface area contributed by atoms with Crippen LogP contribution in [0.5, 0.6) is 0 Å². The Morgan fingerprint density at radius 2 is 1.61 bits per heavy atom. The van der Waals surface area contributed by atoms with Gasteiger partial charge in [-0.15, -0.1) is 0 Å². The summed E-state index contributed by atoms with van der Waals surface area (Å²) in [7, 11) is -1.18. The highest BCUT2D eigenvalue weighted by molar-refractivity contribution is 7.89. The van der Waals surface area contributed by atoms with Crippen LogP contribution < -0.4 is 5.32 Å². The van der Waals surface area contributed by atoms with Gasteiger partial charge in [0.15, 0.2) is 0 Å². The van der Waals surface area contributed by atoms with Crippen LogP contribution in [-0.2, 0) is 20.4 Å². The Morgan fingerprint density at radius 3 is 2.07 bits per heavy atom. The number of carbonyl (C=O) groups excluding carboxylic acids is 1. The first-order valence-corrected chi connectivity index (χ1v) is 10.7. The van der Waals surface area contributed by atoms with Gasteiger partial charge in [0.05, 0.1) is 17.5 Å². The Kier molecular flexibility index (Phi) is 7.22. The van der Waals surface area contributed by atoms with Crippen LogP contribution in [0.4, 0.5) is 0 Å². The minimum absolute atomic E-state index is 0.0448. The second-order valence-electron chi connectivity index (χ2n) is 6.37. The van der Waals surface area contributed by atoms with E-state index in [9.17, 15) is 13.2 Å². The van der Waals surface area contributed by atoms with Gasteiger partial charge in [0, 0.05) is 17.6 Å². The maximum absolute atomic E-state index is 12.8. The molecule has 28 heavy (non-hydrogen) atoms. The fourth-order valence-electron chi connectivity index (χ4n) is 2.99. The van der Waals surface area contributed by atoms with Gasteiger partial charge in [-0.25, -0.2) is 8.42 Å². The van der Waals surface area contributed by atoms with Crippen LogP contribution in [0.15, 0.2) is 53.4 Å². The number of carbonyl (C=O) groups is 1. The first kappa shape index (κ1) is 22.4. The van der Waals surface area contributed by atoms with Crippen molar-refractivity contribution in [3.63, 3.8) is 0 Å². The third kappa shape index (κ3) is 4.55. The lowest BCUT2D eigenvalue weighted by Crippen LogP contribution is -2.45.